The highest BCUT2D eigenvalue weighted by Crippen LogP contribution is 2.30. The van der Waals surface area contributed by atoms with E-state index >= 15 is 0 Å². The van der Waals surface area contributed by atoms with Crippen molar-refractivity contribution >= 4 is 29.1 Å². The number of fused-ring (bicyclic) bond motifs is 1. The SMILES string of the molecule is C[C@@H]1Cc2c(nnn2-c2ncccc2F)CN1C(=O)c1cccc(Cl)c1Cl. The van der Waals surface area contributed by atoms with Crippen LogP contribution in [0.25, 0.3) is 5.82 Å². The normalized spacial score (nSPS) is 16.3. The standard InChI is InChI=1S/C18H14Cl2FN5O/c1-10-8-15-14(23-24-26(15)17-13(21)6-3-7-22-17)9-25(10)18(27)11-4-2-5-12(19)16(11)20/h2-7,10H,8-9H2,1H3/t10-/m1/s1. The molecule has 138 valence electrons. The van der Waals surface area contributed by atoms with E-state index < -0.39 is 5.82 Å². The molecule has 4 rings (SSSR count). The van der Waals surface area contributed by atoms with E-state index in [4.69, 9.17) is 23.2 Å². The first-order valence-electron chi connectivity index (χ1n) is 8.26. The van der Waals surface area contributed by atoms with Gasteiger partial charge in [0.25, 0.3) is 5.91 Å². The molecule has 0 spiro atoms. The number of halogens is 3. The molecule has 0 fully saturated rings. The summed E-state index contributed by atoms with van der Waals surface area (Å²) in [4.78, 5) is 18.7. The summed E-state index contributed by atoms with van der Waals surface area (Å²) < 4.78 is 15.5. The quantitative estimate of drug-likeness (QED) is 0.651. The van der Waals surface area contributed by atoms with Gasteiger partial charge in [0.05, 0.1) is 27.8 Å². The average Bonchev–Trinajstić information content (AvgIpc) is 3.05. The van der Waals surface area contributed by atoms with Crippen molar-refractivity contribution in [3.8, 4) is 5.82 Å². The molecule has 6 nitrogen and oxygen atoms in total. The van der Waals surface area contributed by atoms with Crippen LogP contribution in [-0.2, 0) is 13.0 Å². The molecule has 1 atom stereocenters. The average molecular weight is 406 g/mol. The van der Waals surface area contributed by atoms with Crippen molar-refractivity contribution in [1.82, 2.24) is 24.9 Å². The molecule has 0 radical (unpaired) electrons. The Morgan fingerprint density at radius 3 is 2.85 bits per heavy atom. The van der Waals surface area contributed by atoms with Crippen LogP contribution in [0.2, 0.25) is 10.0 Å². The summed E-state index contributed by atoms with van der Waals surface area (Å²) in [6, 6.07) is 7.62. The molecule has 1 aliphatic rings. The Balaban J connectivity index is 1.68. The monoisotopic (exact) mass is 405 g/mol. The molecule has 0 aliphatic carbocycles. The van der Waals surface area contributed by atoms with Gasteiger partial charge in [-0.2, -0.15) is 4.68 Å². The summed E-state index contributed by atoms with van der Waals surface area (Å²) in [5.74, 6) is -0.627. The van der Waals surface area contributed by atoms with E-state index in [0.29, 0.717) is 22.7 Å². The van der Waals surface area contributed by atoms with Gasteiger partial charge in [-0.15, -0.1) is 5.10 Å². The van der Waals surface area contributed by atoms with E-state index in [1.807, 2.05) is 6.92 Å². The zero-order valence-electron chi connectivity index (χ0n) is 14.2. The lowest BCUT2D eigenvalue weighted by Crippen LogP contribution is -2.43. The van der Waals surface area contributed by atoms with Crippen LogP contribution in [0.5, 0.6) is 0 Å². The van der Waals surface area contributed by atoms with Gasteiger partial charge in [0.2, 0.25) is 0 Å². The molecule has 2 aromatic heterocycles. The highest BCUT2D eigenvalue weighted by Gasteiger charge is 2.33. The van der Waals surface area contributed by atoms with Crippen LogP contribution >= 0.6 is 23.2 Å². The van der Waals surface area contributed by atoms with Crippen molar-refractivity contribution in [2.24, 2.45) is 0 Å². The van der Waals surface area contributed by atoms with Gasteiger partial charge in [0, 0.05) is 18.7 Å². The Morgan fingerprint density at radius 1 is 1.26 bits per heavy atom. The van der Waals surface area contributed by atoms with E-state index in [0.717, 1.165) is 5.69 Å². The summed E-state index contributed by atoms with van der Waals surface area (Å²) in [5, 5.41) is 8.72. The maximum absolute atomic E-state index is 14.1. The fourth-order valence-corrected chi connectivity index (χ4v) is 3.55. The van der Waals surface area contributed by atoms with E-state index in [9.17, 15) is 9.18 Å². The van der Waals surface area contributed by atoms with Crippen LogP contribution < -0.4 is 0 Å². The van der Waals surface area contributed by atoms with Crippen LogP contribution in [0.3, 0.4) is 0 Å². The zero-order valence-corrected chi connectivity index (χ0v) is 15.7. The lowest BCUT2D eigenvalue weighted by atomic mass is 10.0. The van der Waals surface area contributed by atoms with Crippen LogP contribution in [0, 0.1) is 5.82 Å². The number of aromatic nitrogens is 4. The smallest absolute Gasteiger partial charge is 0.256 e. The number of hydrogen-bond donors (Lipinski definition) is 0. The van der Waals surface area contributed by atoms with E-state index in [2.05, 4.69) is 15.3 Å². The molecule has 0 unspecified atom stereocenters. The fraction of sp³-hybridized carbons (Fsp3) is 0.222. The maximum atomic E-state index is 14.1. The predicted octanol–water partition coefficient (Wildman–Crippen LogP) is 3.70. The summed E-state index contributed by atoms with van der Waals surface area (Å²) in [6.45, 7) is 2.15. The first kappa shape index (κ1) is 17.9. The highest BCUT2D eigenvalue weighted by molar-refractivity contribution is 6.43. The van der Waals surface area contributed by atoms with Crippen molar-refractivity contribution in [2.75, 3.05) is 0 Å². The summed E-state index contributed by atoms with van der Waals surface area (Å²) >= 11 is 12.2. The van der Waals surface area contributed by atoms with Crippen molar-refractivity contribution in [1.29, 1.82) is 0 Å². The van der Waals surface area contributed by atoms with Gasteiger partial charge in [-0.3, -0.25) is 4.79 Å². The summed E-state index contributed by atoms with van der Waals surface area (Å²) in [7, 11) is 0. The van der Waals surface area contributed by atoms with Gasteiger partial charge in [0.15, 0.2) is 11.6 Å². The zero-order chi connectivity index (χ0) is 19.1. The fourth-order valence-electron chi connectivity index (χ4n) is 3.17. The number of carbonyl (C=O) groups excluding carboxylic acids is 1. The van der Waals surface area contributed by atoms with Crippen molar-refractivity contribution in [2.45, 2.75) is 25.9 Å². The minimum Gasteiger partial charge on any atom is -0.329 e. The molecule has 27 heavy (non-hydrogen) atoms. The van der Waals surface area contributed by atoms with E-state index in [-0.39, 0.29) is 29.3 Å². The third-order valence-corrected chi connectivity index (χ3v) is 5.39. The number of rotatable bonds is 2. The molecule has 9 heteroatoms. The minimum atomic E-state index is -0.484. The van der Waals surface area contributed by atoms with Gasteiger partial charge < -0.3 is 4.90 Å². The third-order valence-electron chi connectivity index (χ3n) is 4.57. The second kappa shape index (κ2) is 6.90. The van der Waals surface area contributed by atoms with Crippen molar-refractivity contribution in [3.05, 3.63) is 69.3 Å². The summed E-state index contributed by atoms with van der Waals surface area (Å²) in [5.41, 5.74) is 1.67. The summed E-state index contributed by atoms with van der Waals surface area (Å²) in [6.07, 6.45) is 1.96. The molecule has 1 amide bonds. The topological polar surface area (TPSA) is 63.9 Å². The lowest BCUT2D eigenvalue weighted by molar-refractivity contribution is 0.0653. The van der Waals surface area contributed by atoms with E-state index in [1.165, 1.54) is 23.0 Å². The number of pyridine rings is 1. The van der Waals surface area contributed by atoms with Gasteiger partial charge in [-0.25, -0.2) is 9.37 Å². The molecule has 1 aliphatic heterocycles. The molecular weight excluding hydrogens is 392 g/mol. The largest absolute Gasteiger partial charge is 0.329 e. The first-order chi connectivity index (χ1) is 13.0. The molecule has 0 saturated carbocycles. The Morgan fingerprint density at radius 2 is 2.07 bits per heavy atom. The van der Waals surface area contributed by atoms with E-state index in [1.54, 1.807) is 23.1 Å². The van der Waals surface area contributed by atoms with Crippen molar-refractivity contribution < 1.29 is 9.18 Å². The number of carbonyl (C=O) groups is 1. The molecule has 1 aromatic carbocycles. The molecular formula is C18H14Cl2FN5O. The second-order valence-electron chi connectivity index (χ2n) is 6.29. The Labute approximate surface area is 164 Å². The predicted molar refractivity (Wildman–Crippen MR) is 98.6 cm³/mol. The molecule has 0 N–H and O–H groups in total. The Hall–Kier alpha value is -2.51. The molecule has 3 aromatic rings. The Bertz CT molecular complexity index is 1040. The second-order valence-corrected chi connectivity index (χ2v) is 7.08. The lowest BCUT2D eigenvalue weighted by Gasteiger charge is -2.33. The van der Waals surface area contributed by atoms with Crippen LogP contribution in [-0.4, -0.2) is 36.8 Å². The van der Waals surface area contributed by atoms with Gasteiger partial charge in [0.1, 0.15) is 5.69 Å². The van der Waals surface area contributed by atoms with Gasteiger partial charge in [-0.05, 0) is 31.2 Å². The van der Waals surface area contributed by atoms with Crippen LogP contribution in [0.4, 0.5) is 4.39 Å². The van der Waals surface area contributed by atoms with Gasteiger partial charge >= 0.3 is 0 Å². The van der Waals surface area contributed by atoms with Crippen LogP contribution in [0.1, 0.15) is 28.7 Å². The minimum absolute atomic E-state index is 0.0936. The maximum Gasteiger partial charge on any atom is 0.256 e. The third kappa shape index (κ3) is 3.07. The van der Waals surface area contributed by atoms with Crippen molar-refractivity contribution in [3.63, 3.8) is 0 Å². The number of amides is 1. The van der Waals surface area contributed by atoms with Gasteiger partial charge in [-0.1, -0.05) is 34.5 Å². The number of hydrogen-bond acceptors (Lipinski definition) is 4. The Kier molecular flexibility index (Phi) is 4.57. The number of nitrogens with zero attached hydrogens (tertiary/aromatic N) is 5. The molecule has 3 heterocycles. The van der Waals surface area contributed by atoms with Crippen LogP contribution in [0.15, 0.2) is 36.5 Å². The highest BCUT2D eigenvalue weighted by atomic mass is 35.5. The molecule has 0 saturated heterocycles. The number of benzene rings is 1. The first-order valence-corrected chi connectivity index (χ1v) is 9.02. The molecule has 0 bridgehead atoms.